The number of oxazole rings is 1. The zero-order chi connectivity index (χ0) is 23.4. The van der Waals surface area contributed by atoms with Gasteiger partial charge in [0.15, 0.2) is 5.58 Å². The van der Waals surface area contributed by atoms with E-state index in [4.69, 9.17) is 4.42 Å². The Balaban J connectivity index is 1.23. The molecule has 0 N–H and O–H groups in total. The number of nitro groups is 1. The van der Waals surface area contributed by atoms with Crippen molar-refractivity contribution in [1.82, 2.24) is 9.47 Å². The SMILES string of the molecule is Cc1ccc(CCC2CCN(C(=O)CCCn3c(=O)oc4cc([N+](=O)[O-])ccc43)CC2)cc1. The Kier molecular flexibility index (Phi) is 6.91. The van der Waals surface area contributed by atoms with E-state index in [0.29, 0.717) is 30.8 Å². The van der Waals surface area contributed by atoms with Crippen molar-refractivity contribution in [3.05, 3.63) is 74.3 Å². The normalized spacial score (nSPS) is 14.6. The Morgan fingerprint density at radius 3 is 2.58 bits per heavy atom. The molecule has 1 aliphatic rings. The summed E-state index contributed by atoms with van der Waals surface area (Å²) in [6.45, 7) is 4.01. The first-order valence-electron chi connectivity index (χ1n) is 11.5. The number of carbonyl (C=O) groups excluding carboxylic acids is 1. The second-order valence-corrected chi connectivity index (χ2v) is 8.88. The van der Waals surface area contributed by atoms with Crippen molar-refractivity contribution >= 4 is 22.7 Å². The molecule has 2 aromatic carbocycles. The average Bonchev–Trinajstić information content (AvgIpc) is 3.13. The van der Waals surface area contributed by atoms with Gasteiger partial charge in [0, 0.05) is 32.1 Å². The maximum atomic E-state index is 12.7. The molecule has 1 fully saturated rings. The molecule has 2 heterocycles. The summed E-state index contributed by atoms with van der Waals surface area (Å²) in [5.41, 5.74) is 3.22. The fourth-order valence-corrected chi connectivity index (χ4v) is 4.52. The van der Waals surface area contributed by atoms with Crippen LogP contribution in [0.2, 0.25) is 0 Å². The van der Waals surface area contributed by atoms with Gasteiger partial charge in [0.25, 0.3) is 5.69 Å². The van der Waals surface area contributed by atoms with Crippen molar-refractivity contribution in [3.8, 4) is 0 Å². The van der Waals surface area contributed by atoms with E-state index in [1.807, 2.05) is 4.90 Å². The number of hydrogen-bond donors (Lipinski definition) is 0. The van der Waals surface area contributed by atoms with E-state index in [1.54, 1.807) is 0 Å². The molecular weight excluding hydrogens is 422 g/mol. The van der Waals surface area contributed by atoms with Gasteiger partial charge in [0.2, 0.25) is 5.91 Å². The molecule has 33 heavy (non-hydrogen) atoms. The number of hydrogen-bond acceptors (Lipinski definition) is 5. The molecule has 4 rings (SSSR count). The molecule has 174 valence electrons. The standard InChI is InChI=1S/C25H29N3O5/c1-18-4-6-19(7-5-18)8-9-20-12-15-26(16-13-20)24(29)3-2-14-27-22-11-10-21(28(31)32)17-23(22)33-25(27)30/h4-7,10-11,17,20H,2-3,8-9,12-16H2,1H3. The second-order valence-electron chi connectivity index (χ2n) is 8.88. The lowest BCUT2D eigenvalue weighted by Crippen LogP contribution is -2.38. The monoisotopic (exact) mass is 451 g/mol. The summed E-state index contributed by atoms with van der Waals surface area (Å²) < 4.78 is 6.58. The highest BCUT2D eigenvalue weighted by Gasteiger charge is 2.22. The van der Waals surface area contributed by atoms with Crippen LogP contribution in [0.25, 0.3) is 11.1 Å². The fraction of sp³-hybridized carbons (Fsp3) is 0.440. The smallest absolute Gasteiger partial charge is 0.407 e. The van der Waals surface area contributed by atoms with Crippen LogP contribution < -0.4 is 5.76 Å². The number of nitro benzene ring substituents is 1. The van der Waals surface area contributed by atoms with Gasteiger partial charge in [0.1, 0.15) is 0 Å². The molecule has 8 heteroatoms. The minimum absolute atomic E-state index is 0.114. The van der Waals surface area contributed by atoms with Crippen molar-refractivity contribution in [1.29, 1.82) is 0 Å². The highest BCUT2D eigenvalue weighted by atomic mass is 16.6. The van der Waals surface area contributed by atoms with Gasteiger partial charge in [-0.15, -0.1) is 0 Å². The topological polar surface area (TPSA) is 98.6 Å². The molecule has 0 aliphatic carbocycles. The number of amides is 1. The molecule has 0 radical (unpaired) electrons. The highest BCUT2D eigenvalue weighted by molar-refractivity contribution is 5.77. The fourth-order valence-electron chi connectivity index (χ4n) is 4.52. The van der Waals surface area contributed by atoms with E-state index >= 15 is 0 Å². The Hall–Kier alpha value is -3.42. The first kappa shape index (κ1) is 22.8. The lowest BCUT2D eigenvalue weighted by molar-refractivity contribution is -0.384. The molecule has 1 saturated heterocycles. The number of nitrogens with zero attached hydrogens (tertiary/aromatic N) is 3. The minimum Gasteiger partial charge on any atom is -0.407 e. The van der Waals surface area contributed by atoms with Crippen LogP contribution in [-0.4, -0.2) is 33.4 Å². The van der Waals surface area contributed by atoms with Crippen LogP contribution in [0.1, 0.15) is 43.2 Å². The largest absolute Gasteiger partial charge is 0.419 e. The van der Waals surface area contributed by atoms with E-state index in [0.717, 1.165) is 38.8 Å². The van der Waals surface area contributed by atoms with Crippen molar-refractivity contribution < 1.29 is 14.1 Å². The summed E-state index contributed by atoms with van der Waals surface area (Å²) in [6, 6.07) is 12.8. The van der Waals surface area contributed by atoms with Crippen LogP contribution in [0.15, 0.2) is 51.7 Å². The third-order valence-corrected chi connectivity index (χ3v) is 6.56. The summed E-state index contributed by atoms with van der Waals surface area (Å²) in [5, 5.41) is 10.9. The van der Waals surface area contributed by atoms with Gasteiger partial charge in [-0.2, -0.15) is 0 Å². The van der Waals surface area contributed by atoms with E-state index in [-0.39, 0.29) is 17.2 Å². The van der Waals surface area contributed by atoms with E-state index in [1.165, 1.54) is 33.9 Å². The van der Waals surface area contributed by atoms with Crippen molar-refractivity contribution in [2.45, 2.75) is 52.0 Å². The van der Waals surface area contributed by atoms with E-state index < -0.39 is 10.7 Å². The number of aryl methyl sites for hydroxylation is 3. The van der Waals surface area contributed by atoms with Crippen LogP contribution in [0.3, 0.4) is 0 Å². The number of benzene rings is 2. The average molecular weight is 452 g/mol. The molecule has 0 saturated carbocycles. The zero-order valence-corrected chi connectivity index (χ0v) is 18.9. The minimum atomic E-state index is -0.563. The first-order chi connectivity index (χ1) is 15.9. The summed E-state index contributed by atoms with van der Waals surface area (Å²) in [4.78, 5) is 37.1. The van der Waals surface area contributed by atoms with Gasteiger partial charge in [-0.05, 0) is 56.6 Å². The van der Waals surface area contributed by atoms with Gasteiger partial charge in [-0.25, -0.2) is 4.79 Å². The lowest BCUT2D eigenvalue weighted by atomic mass is 9.90. The zero-order valence-electron chi connectivity index (χ0n) is 18.9. The maximum absolute atomic E-state index is 12.7. The van der Waals surface area contributed by atoms with Crippen LogP contribution in [-0.2, 0) is 17.8 Å². The molecule has 8 nitrogen and oxygen atoms in total. The van der Waals surface area contributed by atoms with Crippen molar-refractivity contribution in [3.63, 3.8) is 0 Å². The Morgan fingerprint density at radius 2 is 1.88 bits per heavy atom. The summed E-state index contributed by atoms with van der Waals surface area (Å²) in [5.74, 6) is 0.200. The Bertz CT molecular complexity index is 1190. The molecule has 0 atom stereocenters. The lowest BCUT2D eigenvalue weighted by Gasteiger charge is -2.32. The summed E-state index contributed by atoms with van der Waals surface area (Å²) in [6.07, 6.45) is 5.16. The third-order valence-electron chi connectivity index (χ3n) is 6.56. The predicted molar refractivity (Wildman–Crippen MR) is 125 cm³/mol. The van der Waals surface area contributed by atoms with Crippen molar-refractivity contribution in [2.24, 2.45) is 5.92 Å². The van der Waals surface area contributed by atoms with Gasteiger partial charge < -0.3 is 9.32 Å². The Morgan fingerprint density at radius 1 is 1.15 bits per heavy atom. The number of likely N-dealkylation sites (tertiary alicyclic amines) is 1. The molecule has 3 aromatic rings. The van der Waals surface area contributed by atoms with E-state index in [9.17, 15) is 19.7 Å². The number of fused-ring (bicyclic) bond motifs is 1. The number of rotatable bonds is 8. The number of aromatic nitrogens is 1. The summed E-state index contributed by atoms with van der Waals surface area (Å²) in [7, 11) is 0. The maximum Gasteiger partial charge on any atom is 0.419 e. The Labute approximate surface area is 192 Å². The summed E-state index contributed by atoms with van der Waals surface area (Å²) >= 11 is 0. The molecule has 1 aliphatic heterocycles. The quantitative estimate of drug-likeness (QED) is 0.372. The van der Waals surface area contributed by atoms with Gasteiger partial charge in [0.05, 0.1) is 16.5 Å². The number of piperidine rings is 1. The molecule has 0 bridgehead atoms. The second kappa shape index (κ2) is 10.0. The van der Waals surface area contributed by atoms with Gasteiger partial charge in [-0.3, -0.25) is 19.5 Å². The van der Waals surface area contributed by atoms with Crippen LogP contribution in [0, 0.1) is 23.0 Å². The highest BCUT2D eigenvalue weighted by Crippen LogP contribution is 2.24. The van der Waals surface area contributed by atoms with Gasteiger partial charge >= 0.3 is 5.76 Å². The molecule has 0 spiro atoms. The molecule has 1 amide bonds. The number of carbonyl (C=O) groups is 1. The number of non-ortho nitro benzene ring substituents is 1. The van der Waals surface area contributed by atoms with Gasteiger partial charge in [-0.1, -0.05) is 29.8 Å². The molecule has 0 unspecified atom stereocenters. The molecule has 1 aromatic heterocycles. The predicted octanol–water partition coefficient (Wildman–Crippen LogP) is 4.46. The van der Waals surface area contributed by atoms with Crippen LogP contribution in [0.4, 0.5) is 5.69 Å². The third kappa shape index (κ3) is 5.50. The molecular formula is C25H29N3O5. The van der Waals surface area contributed by atoms with E-state index in [2.05, 4.69) is 31.2 Å². The first-order valence-corrected chi connectivity index (χ1v) is 11.5. The van der Waals surface area contributed by atoms with Crippen LogP contribution in [0.5, 0.6) is 0 Å². The van der Waals surface area contributed by atoms with Crippen LogP contribution >= 0.6 is 0 Å². The van der Waals surface area contributed by atoms with Crippen molar-refractivity contribution in [2.75, 3.05) is 13.1 Å².